The van der Waals surface area contributed by atoms with Crippen LogP contribution in [0.5, 0.6) is 11.5 Å². The fourth-order valence-corrected chi connectivity index (χ4v) is 4.90. The van der Waals surface area contributed by atoms with Gasteiger partial charge in [0.05, 0.1) is 20.3 Å². The van der Waals surface area contributed by atoms with E-state index in [2.05, 4.69) is 0 Å². The number of ether oxygens (including phenoxy) is 3. The van der Waals surface area contributed by atoms with Crippen LogP contribution in [-0.4, -0.2) is 31.4 Å². The van der Waals surface area contributed by atoms with Gasteiger partial charge < -0.3 is 19.3 Å². The molecule has 192 valence electrons. The van der Waals surface area contributed by atoms with Crippen LogP contribution in [0.25, 0.3) is 21.9 Å². The number of halogens is 1. The monoisotopic (exact) mass is 518 g/mol. The highest BCUT2D eigenvalue weighted by Crippen LogP contribution is 2.43. The number of hydrogen-bond donors (Lipinski definition) is 1. The number of carboxylic acid groups (broad SMARTS) is 1. The van der Waals surface area contributed by atoms with E-state index in [9.17, 15) is 9.90 Å². The van der Waals surface area contributed by atoms with Crippen molar-refractivity contribution in [2.75, 3.05) is 14.2 Å². The summed E-state index contributed by atoms with van der Waals surface area (Å²) in [4.78, 5) is 12.4. The minimum atomic E-state index is -1.12. The molecule has 0 saturated carbocycles. The van der Waals surface area contributed by atoms with Crippen molar-refractivity contribution in [3.05, 3.63) is 94.0 Å². The van der Waals surface area contributed by atoms with E-state index in [-0.39, 0.29) is 6.10 Å². The van der Waals surface area contributed by atoms with Crippen LogP contribution >= 0.6 is 11.6 Å². The second kappa shape index (κ2) is 11.2. The number of methoxy groups -OCH3 is 2. The third-order valence-electron chi connectivity index (χ3n) is 6.43. The topological polar surface area (TPSA) is 65.0 Å². The van der Waals surface area contributed by atoms with Gasteiger partial charge in [0.1, 0.15) is 11.5 Å². The minimum Gasteiger partial charge on any atom is -0.497 e. The van der Waals surface area contributed by atoms with Crippen LogP contribution in [0.3, 0.4) is 0 Å². The largest absolute Gasteiger partial charge is 0.497 e. The first-order valence-corrected chi connectivity index (χ1v) is 12.5. The molecule has 4 rings (SSSR count). The number of aryl methyl sites for hydroxylation is 1. The van der Waals surface area contributed by atoms with Crippen molar-refractivity contribution < 1.29 is 24.1 Å². The zero-order valence-electron chi connectivity index (χ0n) is 21.7. The van der Waals surface area contributed by atoms with Gasteiger partial charge in [-0.1, -0.05) is 48.0 Å². The minimum absolute atomic E-state index is 0.268. The molecule has 0 aliphatic rings. The van der Waals surface area contributed by atoms with E-state index in [1.165, 1.54) is 0 Å². The number of rotatable bonds is 9. The van der Waals surface area contributed by atoms with E-state index in [0.717, 1.165) is 50.1 Å². The summed E-state index contributed by atoms with van der Waals surface area (Å²) < 4.78 is 17.0. The Morgan fingerprint density at radius 3 is 2.16 bits per heavy atom. The standard InChI is InChI=1S/C31H31ClO5/c1-18(2)37-30(31(33)34)28-19(3)16-25-24(29(28)21-8-10-22(32)11-9-21)14-15-27(36-5)26(25)17-20-6-12-23(35-4)13-7-20/h6-16,18,30H,17H2,1-5H3,(H,33,34). The predicted molar refractivity (Wildman–Crippen MR) is 148 cm³/mol. The Kier molecular flexibility index (Phi) is 8.06. The molecule has 5 nitrogen and oxygen atoms in total. The molecule has 0 radical (unpaired) electrons. The highest BCUT2D eigenvalue weighted by atomic mass is 35.5. The van der Waals surface area contributed by atoms with Crippen LogP contribution in [0.2, 0.25) is 5.02 Å². The second-order valence-corrected chi connectivity index (χ2v) is 9.69. The van der Waals surface area contributed by atoms with E-state index in [1.54, 1.807) is 14.2 Å². The van der Waals surface area contributed by atoms with Crippen LogP contribution in [0.1, 0.15) is 42.2 Å². The van der Waals surface area contributed by atoms with E-state index >= 15 is 0 Å². The average molecular weight is 519 g/mol. The molecular weight excluding hydrogens is 488 g/mol. The summed E-state index contributed by atoms with van der Waals surface area (Å²) in [6.45, 7) is 5.61. The molecule has 0 heterocycles. The van der Waals surface area contributed by atoms with Gasteiger partial charge in [0.25, 0.3) is 0 Å². The first-order valence-electron chi connectivity index (χ1n) is 12.1. The average Bonchev–Trinajstić information content (AvgIpc) is 2.88. The Bertz CT molecular complexity index is 1410. The molecule has 0 spiro atoms. The quantitative estimate of drug-likeness (QED) is 0.247. The third kappa shape index (κ3) is 5.58. The number of fused-ring (bicyclic) bond motifs is 1. The van der Waals surface area contributed by atoms with Crippen LogP contribution in [0.4, 0.5) is 0 Å². The first-order chi connectivity index (χ1) is 17.7. The summed E-state index contributed by atoms with van der Waals surface area (Å²) in [5, 5.41) is 12.7. The SMILES string of the molecule is COc1ccc(Cc2c(OC)ccc3c(-c4ccc(Cl)cc4)c(C(OC(C)C)C(=O)O)c(C)cc23)cc1. The van der Waals surface area contributed by atoms with Gasteiger partial charge in [-0.2, -0.15) is 0 Å². The van der Waals surface area contributed by atoms with Gasteiger partial charge >= 0.3 is 5.97 Å². The summed E-state index contributed by atoms with van der Waals surface area (Å²) in [7, 11) is 3.31. The fraction of sp³-hybridized carbons (Fsp3) is 0.258. The van der Waals surface area contributed by atoms with Gasteiger partial charge in [0.15, 0.2) is 6.10 Å². The zero-order valence-corrected chi connectivity index (χ0v) is 22.4. The molecular formula is C31H31ClO5. The normalized spacial score (nSPS) is 12.1. The van der Waals surface area contributed by atoms with Gasteiger partial charge in [0, 0.05) is 22.6 Å². The molecule has 1 atom stereocenters. The molecule has 1 N–H and O–H groups in total. The molecule has 0 aromatic heterocycles. The highest BCUT2D eigenvalue weighted by Gasteiger charge is 2.29. The Morgan fingerprint density at radius 1 is 0.919 bits per heavy atom. The Balaban J connectivity index is 2.03. The van der Waals surface area contributed by atoms with Crippen LogP contribution < -0.4 is 9.47 Å². The zero-order chi connectivity index (χ0) is 26.7. The van der Waals surface area contributed by atoms with Crippen molar-refractivity contribution in [2.24, 2.45) is 0 Å². The lowest BCUT2D eigenvalue weighted by Crippen LogP contribution is -2.21. The van der Waals surface area contributed by atoms with Gasteiger partial charge in [-0.25, -0.2) is 4.79 Å². The third-order valence-corrected chi connectivity index (χ3v) is 6.68. The Labute approximate surface area is 222 Å². The summed E-state index contributed by atoms with van der Waals surface area (Å²) in [5.74, 6) is 0.535. The maximum atomic E-state index is 12.4. The summed E-state index contributed by atoms with van der Waals surface area (Å²) in [6, 6.07) is 21.4. The molecule has 0 fully saturated rings. The molecule has 4 aromatic rings. The van der Waals surface area contributed by atoms with Crippen molar-refractivity contribution in [1.29, 1.82) is 0 Å². The van der Waals surface area contributed by atoms with Crippen LogP contribution in [0, 0.1) is 6.92 Å². The number of carboxylic acids is 1. The molecule has 0 saturated heterocycles. The Hall–Kier alpha value is -3.54. The van der Waals surface area contributed by atoms with E-state index in [0.29, 0.717) is 17.0 Å². The van der Waals surface area contributed by atoms with Gasteiger partial charge in [-0.05, 0) is 84.1 Å². The number of hydrogen-bond acceptors (Lipinski definition) is 4. The smallest absolute Gasteiger partial charge is 0.337 e. The molecule has 1 unspecified atom stereocenters. The van der Waals surface area contributed by atoms with E-state index < -0.39 is 12.1 Å². The van der Waals surface area contributed by atoms with Crippen LogP contribution in [-0.2, 0) is 16.0 Å². The van der Waals surface area contributed by atoms with Crippen molar-refractivity contribution in [2.45, 2.75) is 39.4 Å². The fourth-order valence-electron chi connectivity index (χ4n) is 4.77. The number of benzene rings is 4. The Morgan fingerprint density at radius 2 is 1.59 bits per heavy atom. The maximum Gasteiger partial charge on any atom is 0.337 e. The molecule has 4 aromatic carbocycles. The lowest BCUT2D eigenvalue weighted by Gasteiger charge is -2.25. The summed E-state index contributed by atoms with van der Waals surface area (Å²) in [5.41, 5.74) is 5.27. The van der Waals surface area contributed by atoms with Gasteiger partial charge in [-0.15, -0.1) is 0 Å². The van der Waals surface area contributed by atoms with Crippen molar-refractivity contribution in [3.8, 4) is 22.6 Å². The molecule has 37 heavy (non-hydrogen) atoms. The summed E-state index contributed by atoms with van der Waals surface area (Å²) in [6.07, 6.45) is -0.758. The van der Waals surface area contributed by atoms with Gasteiger partial charge in [-0.3, -0.25) is 0 Å². The summed E-state index contributed by atoms with van der Waals surface area (Å²) >= 11 is 6.20. The molecule has 0 aliphatic carbocycles. The molecule has 6 heteroatoms. The van der Waals surface area contributed by atoms with Crippen molar-refractivity contribution in [1.82, 2.24) is 0 Å². The van der Waals surface area contributed by atoms with Crippen LogP contribution in [0.15, 0.2) is 66.7 Å². The second-order valence-electron chi connectivity index (χ2n) is 9.26. The number of aliphatic carboxylic acids is 1. The first kappa shape index (κ1) is 26.5. The molecule has 0 bridgehead atoms. The van der Waals surface area contributed by atoms with Crippen molar-refractivity contribution >= 4 is 28.3 Å². The predicted octanol–water partition coefficient (Wildman–Crippen LogP) is 7.63. The lowest BCUT2D eigenvalue weighted by atomic mass is 9.85. The number of carbonyl (C=O) groups is 1. The molecule has 0 aliphatic heterocycles. The van der Waals surface area contributed by atoms with Crippen molar-refractivity contribution in [3.63, 3.8) is 0 Å². The molecule has 0 amide bonds. The lowest BCUT2D eigenvalue weighted by molar-refractivity contribution is -0.153. The maximum absolute atomic E-state index is 12.4. The van der Waals surface area contributed by atoms with Gasteiger partial charge in [0.2, 0.25) is 0 Å². The van der Waals surface area contributed by atoms with E-state index in [4.69, 9.17) is 25.8 Å². The highest BCUT2D eigenvalue weighted by molar-refractivity contribution is 6.30. The van der Waals surface area contributed by atoms with E-state index in [1.807, 2.05) is 87.5 Å².